The minimum Gasteiger partial charge on any atom is -0.268 e. The molecular weight excluding hydrogens is 358 g/mol. The number of thiazole rings is 1. The Labute approximate surface area is 160 Å². The average Bonchev–Trinajstić information content (AvgIpc) is 3.29. The molecular formula is C20H17N5OS. The summed E-state index contributed by atoms with van der Waals surface area (Å²) in [6.45, 7) is 3.78. The molecule has 134 valence electrons. The van der Waals surface area contributed by atoms with E-state index in [1.807, 2.05) is 67.8 Å². The Morgan fingerprint density at radius 2 is 1.85 bits per heavy atom. The maximum atomic E-state index is 13.4. The van der Waals surface area contributed by atoms with Crippen molar-refractivity contribution in [3.8, 4) is 5.82 Å². The van der Waals surface area contributed by atoms with Crippen molar-refractivity contribution in [3.63, 3.8) is 0 Å². The summed E-state index contributed by atoms with van der Waals surface area (Å²) in [7, 11) is 0. The molecule has 3 heterocycles. The van der Waals surface area contributed by atoms with Crippen LogP contribution in [0.4, 0.5) is 10.8 Å². The van der Waals surface area contributed by atoms with Crippen LogP contribution in [0.5, 0.6) is 0 Å². The number of hydrogen-bond acceptors (Lipinski definition) is 5. The second kappa shape index (κ2) is 7.13. The van der Waals surface area contributed by atoms with E-state index in [9.17, 15) is 4.79 Å². The number of rotatable bonds is 4. The van der Waals surface area contributed by atoms with Crippen LogP contribution in [-0.4, -0.2) is 25.7 Å². The molecule has 0 N–H and O–H groups in total. The normalized spacial score (nSPS) is 10.7. The molecule has 27 heavy (non-hydrogen) atoms. The van der Waals surface area contributed by atoms with E-state index in [-0.39, 0.29) is 5.91 Å². The fraction of sp³-hybridized carbons (Fsp3) is 0.100. The van der Waals surface area contributed by atoms with Gasteiger partial charge in [0, 0.05) is 11.6 Å². The first-order valence-corrected chi connectivity index (χ1v) is 9.31. The fourth-order valence-corrected chi connectivity index (χ4v) is 3.60. The number of anilines is 2. The van der Waals surface area contributed by atoms with Gasteiger partial charge < -0.3 is 0 Å². The van der Waals surface area contributed by atoms with Crippen LogP contribution in [0.3, 0.4) is 0 Å². The Bertz CT molecular complexity index is 1070. The average molecular weight is 375 g/mol. The number of carbonyl (C=O) groups is 1. The number of pyridine rings is 1. The summed E-state index contributed by atoms with van der Waals surface area (Å²) in [5, 5.41) is 6.94. The first kappa shape index (κ1) is 17.1. The maximum Gasteiger partial charge on any atom is 0.268 e. The third-order valence-corrected chi connectivity index (χ3v) is 5.07. The van der Waals surface area contributed by atoms with Crippen molar-refractivity contribution in [1.82, 2.24) is 19.7 Å². The molecule has 7 heteroatoms. The van der Waals surface area contributed by atoms with E-state index in [2.05, 4.69) is 15.1 Å². The summed E-state index contributed by atoms with van der Waals surface area (Å²) < 4.78 is 1.67. The van der Waals surface area contributed by atoms with Crippen LogP contribution in [0.1, 0.15) is 21.7 Å². The smallest absolute Gasteiger partial charge is 0.268 e. The molecule has 0 atom stereocenters. The highest BCUT2D eigenvalue weighted by molar-refractivity contribution is 7.14. The van der Waals surface area contributed by atoms with E-state index in [1.165, 1.54) is 11.3 Å². The molecule has 1 amide bonds. The lowest BCUT2D eigenvalue weighted by atomic mass is 10.2. The zero-order chi connectivity index (χ0) is 18.8. The van der Waals surface area contributed by atoms with Crippen LogP contribution in [-0.2, 0) is 0 Å². The molecule has 0 spiro atoms. The topological polar surface area (TPSA) is 63.9 Å². The number of para-hydroxylation sites is 1. The van der Waals surface area contributed by atoms with Crippen molar-refractivity contribution in [2.24, 2.45) is 0 Å². The summed E-state index contributed by atoms with van der Waals surface area (Å²) in [5.74, 6) is 0.501. The molecule has 0 radical (unpaired) electrons. The van der Waals surface area contributed by atoms with Crippen LogP contribution in [0.15, 0.2) is 66.3 Å². The fourth-order valence-electron chi connectivity index (χ4n) is 2.79. The van der Waals surface area contributed by atoms with Crippen LogP contribution >= 0.6 is 11.3 Å². The lowest BCUT2D eigenvalue weighted by molar-refractivity contribution is 0.0998. The standard InChI is InChI=1S/C20H17N5OS/c1-14-13-27-20(23-14)24(16-8-4-3-5-9-16)19(26)17-12-22-25(15(17)2)18-10-6-7-11-21-18/h3-13H,1-2H3. The summed E-state index contributed by atoms with van der Waals surface area (Å²) in [4.78, 5) is 23.9. The second-order valence-electron chi connectivity index (χ2n) is 5.99. The number of benzene rings is 1. The first-order chi connectivity index (χ1) is 13.1. The van der Waals surface area contributed by atoms with Crippen LogP contribution < -0.4 is 4.90 Å². The van der Waals surface area contributed by atoms with Crippen LogP contribution in [0.2, 0.25) is 0 Å². The number of hydrogen-bond donors (Lipinski definition) is 0. The van der Waals surface area contributed by atoms with Gasteiger partial charge in [-0.1, -0.05) is 24.3 Å². The molecule has 1 aromatic carbocycles. The molecule has 4 rings (SSSR count). The zero-order valence-electron chi connectivity index (χ0n) is 14.9. The van der Waals surface area contributed by atoms with Gasteiger partial charge in [0.1, 0.15) is 0 Å². The van der Waals surface area contributed by atoms with E-state index < -0.39 is 0 Å². The van der Waals surface area contributed by atoms with Crippen molar-refractivity contribution >= 4 is 28.1 Å². The predicted octanol–water partition coefficient (Wildman–Crippen LogP) is 4.32. The van der Waals surface area contributed by atoms with Crippen molar-refractivity contribution in [2.75, 3.05) is 4.90 Å². The third-order valence-electron chi connectivity index (χ3n) is 4.12. The highest BCUT2D eigenvalue weighted by atomic mass is 32.1. The molecule has 0 bridgehead atoms. The lowest BCUT2D eigenvalue weighted by Gasteiger charge is -2.19. The number of aryl methyl sites for hydroxylation is 1. The molecule has 0 unspecified atom stereocenters. The Morgan fingerprint density at radius 3 is 2.52 bits per heavy atom. The van der Waals surface area contributed by atoms with Crippen molar-refractivity contribution in [2.45, 2.75) is 13.8 Å². The quantitative estimate of drug-likeness (QED) is 0.533. The van der Waals surface area contributed by atoms with Gasteiger partial charge in [0.05, 0.1) is 28.8 Å². The summed E-state index contributed by atoms with van der Waals surface area (Å²) in [5.41, 5.74) is 2.89. The minimum absolute atomic E-state index is 0.171. The lowest BCUT2D eigenvalue weighted by Crippen LogP contribution is -2.26. The first-order valence-electron chi connectivity index (χ1n) is 8.43. The van der Waals surface area contributed by atoms with Crippen LogP contribution in [0, 0.1) is 13.8 Å². The molecule has 4 aromatic rings. The highest BCUT2D eigenvalue weighted by Crippen LogP contribution is 2.31. The van der Waals surface area contributed by atoms with Gasteiger partial charge >= 0.3 is 0 Å². The Balaban J connectivity index is 1.78. The highest BCUT2D eigenvalue weighted by Gasteiger charge is 2.26. The van der Waals surface area contributed by atoms with Crippen LogP contribution in [0.25, 0.3) is 5.82 Å². The van der Waals surface area contributed by atoms with Gasteiger partial charge in [0.25, 0.3) is 5.91 Å². The molecule has 0 fully saturated rings. The van der Waals surface area contributed by atoms with E-state index in [4.69, 9.17) is 0 Å². The molecule has 6 nitrogen and oxygen atoms in total. The Kier molecular flexibility index (Phi) is 4.52. The van der Waals surface area contributed by atoms with E-state index in [1.54, 1.807) is 22.0 Å². The van der Waals surface area contributed by atoms with E-state index in [0.717, 1.165) is 17.1 Å². The van der Waals surface area contributed by atoms with Gasteiger partial charge in [-0.15, -0.1) is 11.3 Å². The molecule has 0 aliphatic carbocycles. The SMILES string of the molecule is Cc1csc(N(C(=O)c2cnn(-c3ccccn3)c2C)c2ccccc2)n1. The summed E-state index contributed by atoms with van der Waals surface area (Å²) in [6, 6.07) is 15.1. The van der Waals surface area contributed by atoms with E-state index >= 15 is 0 Å². The van der Waals surface area contributed by atoms with Crippen molar-refractivity contribution in [3.05, 3.63) is 83.3 Å². The zero-order valence-corrected chi connectivity index (χ0v) is 15.7. The minimum atomic E-state index is -0.171. The molecule has 0 saturated carbocycles. The summed E-state index contributed by atoms with van der Waals surface area (Å²) in [6.07, 6.45) is 3.29. The summed E-state index contributed by atoms with van der Waals surface area (Å²) >= 11 is 1.44. The molecule has 0 saturated heterocycles. The van der Waals surface area contributed by atoms with Gasteiger partial charge in [0.15, 0.2) is 10.9 Å². The van der Waals surface area contributed by atoms with Gasteiger partial charge in [-0.3, -0.25) is 9.69 Å². The van der Waals surface area contributed by atoms with Gasteiger partial charge in [-0.2, -0.15) is 5.10 Å². The Hall–Kier alpha value is -3.32. The molecule has 0 aliphatic heterocycles. The van der Waals surface area contributed by atoms with Crippen molar-refractivity contribution in [1.29, 1.82) is 0 Å². The van der Waals surface area contributed by atoms with Gasteiger partial charge in [-0.25, -0.2) is 14.6 Å². The number of amides is 1. The monoisotopic (exact) mass is 375 g/mol. The third kappa shape index (κ3) is 3.24. The number of nitrogens with zero attached hydrogens (tertiary/aromatic N) is 5. The van der Waals surface area contributed by atoms with E-state index in [0.29, 0.717) is 16.5 Å². The van der Waals surface area contributed by atoms with Gasteiger partial charge in [0.2, 0.25) is 0 Å². The largest absolute Gasteiger partial charge is 0.268 e. The van der Waals surface area contributed by atoms with Gasteiger partial charge in [-0.05, 0) is 38.1 Å². The molecule has 0 aliphatic rings. The second-order valence-corrected chi connectivity index (χ2v) is 6.83. The Morgan fingerprint density at radius 1 is 1.07 bits per heavy atom. The number of aromatic nitrogens is 4. The van der Waals surface area contributed by atoms with Crippen molar-refractivity contribution < 1.29 is 4.79 Å². The predicted molar refractivity (Wildman–Crippen MR) is 106 cm³/mol. The molecule has 3 aromatic heterocycles. The number of carbonyl (C=O) groups excluding carboxylic acids is 1. The maximum absolute atomic E-state index is 13.4.